The Morgan fingerprint density at radius 3 is 2.60 bits per heavy atom. The Morgan fingerprint density at radius 2 is 2.05 bits per heavy atom. The Labute approximate surface area is 134 Å². The van der Waals surface area contributed by atoms with E-state index in [4.69, 9.17) is 9.84 Å². The molecule has 0 saturated carbocycles. The van der Waals surface area contributed by atoms with Crippen molar-refractivity contribution in [2.45, 2.75) is 36.5 Å². The second-order valence-corrected chi connectivity index (χ2v) is 7.81. The van der Waals surface area contributed by atoms with Crippen LogP contribution in [0.4, 0.5) is 0 Å². The second-order valence-electron chi connectivity index (χ2n) is 5.12. The summed E-state index contributed by atoms with van der Waals surface area (Å²) in [4.78, 5) is 12.0. The second kappa shape index (κ2) is 8.60. The van der Waals surface area contributed by atoms with Gasteiger partial charge in [-0.2, -0.15) is 0 Å². The lowest BCUT2D eigenvalue weighted by Crippen LogP contribution is -2.23. The third kappa shape index (κ3) is 6.21. The Balaban J connectivity index is 2.38. The Bertz CT molecular complexity index is 407. The van der Waals surface area contributed by atoms with Gasteiger partial charge in [0.2, 0.25) is 0 Å². The van der Waals surface area contributed by atoms with Crippen LogP contribution in [-0.4, -0.2) is 34.1 Å². The van der Waals surface area contributed by atoms with E-state index in [0.29, 0.717) is 18.8 Å². The SMILES string of the molecule is CC(C)(I)C(=O)c1c#cc(CCCCOCCO)cc1. The van der Waals surface area contributed by atoms with Crippen molar-refractivity contribution in [3.05, 3.63) is 35.4 Å². The van der Waals surface area contributed by atoms with Gasteiger partial charge < -0.3 is 9.84 Å². The van der Waals surface area contributed by atoms with Gasteiger partial charge in [0.05, 0.1) is 22.2 Å². The third-order valence-corrected chi connectivity index (χ3v) is 3.30. The van der Waals surface area contributed by atoms with Crippen LogP contribution in [0.1, 0.15) is 42.6 Å². The van der Waals surface area contributed by atoms with Crippen LogP contribution in [-0.2, 0) is 11.2 Å². The zero-order chi connectivity index (χ0) is 15.0. The van der Waals surface area contributed by atoms with Crippen LogP contribution in [0, 0.1) is 12.1 Å². The number of aliphatic hydroxyl groups is 1. The molecule has 0 saturated heterocycles. The molecular formula is C16H21IO3. The molecule has 1 aromatic carbocycles. The first-order valence-corrected chi connectivity index (χ1v) is 7.88. The van der Waals surface area contributed by atoms with Crippen LogP contribution >= 0.6 is 22.6 Å². The van der Waals surface area contributed by atoms with Crippen LogP contribution in [0.5, 0.6) is 0 Å². The standard InChI is InChI=1S/C16H21IO3/c1-16(2,17)15(19)14-8-6-13(7-9-14)5-3-4-11-20-12-10-18/h6,8,18H,3-5,10-12H2,1-2H3. The van der Waals surface area contributed by atoms with Gasteiger partial charge in [0, 0.05) is 12.2 Å². The molecule has 20 heavy (non-hydrogen) atoms. The fraction of sp³-hybridized carbons (Fsp3) is 0.562. The molecule has 0 atom stereocenters. The number of carbonyl (C=O) groups is 1. The van der Waals surface area contributed by atoms with Crippen LogP contribution < -0.4 is 0 Å². The highest BCUT2D eigenvalue weighted by atomic mass is 127. The van der Waals surface area contributed by atoms with E-state index in [0.717, 1.165) is 24.8 Å². The van der Waals surface area contributed by atoms with Crippen molar-refractivity contribution in [2.75, 3.05) is 19.8 Å². The van der Waals surface area contributed by atoms with E-state index in [1.807, 2.05) is 26.0 Å². The van der Waals surface area contributed by atoms with Crippen molar-refractivity contribution in [1.29, 1.82) is 0 Å². The number of unbranched alkanes of at least 4 members (excludes halogenated alkanes) is 1. The van der Waals surface area contributed by atoms with Gasteiger partial charge in [0.15, 0.2) is 5.78 Å². The molecule has 4 heteroatoms. The minimum absolute atomic E-state index is 0.0748. The number of Topliss-reactive ketones (excluding diaryl/α,β-unsaturated/α-hetero) is 1. The molecule has 1 aromatic rings. The third-order valence-electron chi connectivity index (χ3n) is 2.81. The minimum atomic E-state index is -0.409. The number of aryl methyl sites for hydroxylation is 1. The van der Waals surface area contributed by atoms with Gasteiger partial charge in [-0.1, -0.05) is 34.7 Å². The molecule has 1 rings (SSSR count). The fourth-order valence-electron chi connectivity index (χ4n) is 1.70. The normalized spacial score (nSPS) is 11.2. The van der Waals surface area contributed by atoms with Gasteiger partial charge in [0.1, 0.15) is 0 Å². The first-order chi connectivity index (χ1) is 9.45. The average Bonchev–Trinajstić information content (AvgIpc) is 2.41. The van der Waals surface area contributed by atoms with Gasteiger partial charge in [-0.15, -0.1) is 0 Å². The predicted octanol–water partition coefficient (Wildman–Crippen LogP) is 3.01. The van der Waals surface area contributed by atoms with E-state index in [9.17, 15) is 4.79 Å². The van der Waals surface area contributed by atoms with E-state index in [1.165, 1.54) is 0 Å². The molecule has 3 nitrogen and oxygen atoms in total. The summed E-state index contributed by atoms with van der Waals surface area (Å²) < 4.78 is 4.79. The summed E-state index contributed by atoms with van der Waals surface area (Å²) in [6.07, 6.45) is 2.86. The highest BCUT2D eigenvalue weighted by Crippen LogP contribution is 2.22. The van der Waals surface area contributed by atoms with Crippen LogP contribution in [0.25, 0.3) is 0 Å². The average molecular weight is 388 g/mol. The molecule has 0 aromatic heterocycles. The highest BCUT2D eigenvalue weighted by Gasteiger charge is 2.24. The molecule has 0 fully saturated rings. The zero-order valence-corrected chi connectivity index (χ0v) is 14.2. The summed E-state index contributed by atoms with van der Waals surface area (Å²) in [5.41, 5.74) is 1.66. The smallest absolute Gasteiger partial charge is 0.186 e. The summed E-state index contributed by atoms with van der Waals surface area (Å²) in [5, 5.41) is 8.57. The summed E-state index contributed by atoms with van der Waals surface area (Å²) in [6.45, 7) is 4.94. The van der Waals surface area contributed by atoms with Crippen molar-refractivity contribution in [1.82, 2.24) is 0 Å². The molecule has 110 valence electrons. The molecule has 0 spiro atoms. The lowest BCUT2D eigenvalue weighted by atomic mass is 10.0. The van der Waals surface area contributed by atoms with Gasteiger partial charge in [-0.25, -0.2) is 0 Å². The number of halogens is 1. The molecule has 0 radical (unpaired) electrons. The maximum Gasteiger partial charge on any atom is 0.186 e. The summed E-state index contributed by atoms with van der Waals surface area (Å²) >= 11 is 2.14. The van der Waals surface area contributed by atoms with Crippen molar-refractivity contribution in [3.8, 4) is 0 Å². The largest absolute Gasteiger partial charge is 0.394 e. The predicted molar refractivity (Wildman–Crippen MR) is 87.4 cm³/mol. The number of rotatable bonds is 9. The summed E-state index contributed by atoms with van der Waals surface area (Å²) in [6, 6.07) is 9.80. The van der Waals surface area contributed by atoms with E-state index in [2.05, 4.69) is 34.7 Å². The molecule has 0 aliphatic carbocycles. The molecule has 1 N–H and O–H groups in total. The maximum atomic E-state index is 12.0. The lowest BCUT2D eigenvalue weighted by molar-refractivity contribution is 0.0899. The number of ether oxygens (including phenoxy) is 1. The zero-order valence-electron chi connectivity index (χ0n) is 12.0. The van der Waals surface area contributed by atoms with Gasteiger partial charge in [-0.05, 0) is 45.2 Å². The van der Waals surface area contributed by atoms with Crippen LogP contribution in [0.3, 0.4) is 0 Å². The van der Waals surface area contributed by atoms with Crippen LogP contribution in [0.15, 0.2) is 12.1 Å². The number of ketones is 1. The van der Waals surface area contributed by atoms with Gasteiger partial charge >= 0.3 is 0 Å². The number of carbonyl (C=O) groups excluding carboxylic acids is 1. The molecular weight excluding hydrogens is 367 g/mol. The number of aliphatic hydroxyl groups excluding tert-OH is 1. The van der Waals surface area contributed by atoms with Crippen LogP contribution in [0.2, 0.25) is 0 Å². The molecule has 0 heterocycles. The minimum Gasteiger partial charge on any atom is -0.394 e. The molecule has 0 amide bonds. The first kappa shape index (κ1) is 17.4. The number of alkyl halides is 1. The monoisotopic (exact) mass is 388 g/mol. The number of hydrogen-bond donors (Lipinski definition) is 1. The Morgan fingerprint density at radius 1 is 1.30 bits per heavy atom. The molecule has 0 unspecified atom stereocenters. The summed E-state index contributed by atoms with van der Waals surface area (Å²) in [5.74, 6) is 0.0818. The van der Waals surface area contributed by atoms with Gasteiger partial charge in [-0.3, -0.25) is 4.79 Å². The highest BCUT2D eigenvalue weighted by molar-refractivity contribution is 14.1. The van der Waals surface area contributed by atoms with Gasteiger partial charge in [0.25, 0.3) is 0 Å². The number of hydrogen-bond acceptors (Lipinski definition) is 3. The van der Waals surface area contributed by atoms with E-state index in [1.54, 1.807) is 0 Å². The quantitative estimate of drug-likeness (QED) is 0.306. The Hall–Kier alpha value is -0.640. The summed E-state index contributed by atoms with van der Waals surface area (Å²) in [7, 11) is 0. The maximum absolute atomic E-state index is 12.0. The fourth-order valence-corrected chi connectivity index (χ4v) is 1.99. The van der Waals surface area contributed by atoms with Crippen molar-refractivity contribution >= 4 is 28.4 Å². The topological polar surface area (TPSA) is 46.5 Å². The molecule has 0 bridgehead atoms. The first-order valence-electron chi connectivity index (χ1n) is 6.80. The van der Waals surface area contributed by atoms with E-state index < -0.39 is 3.42 Å². The van der Waals surface area contributed by atoms with E-state index >= 15 is 0 Å². The molecule has 0 aliphatic heterocycles. The van der Waals surface area contributed by atoms with Crippen molar-refractivity contribution < 1.29 is 14.6 Å². The lowest BCUT2D eigenvalue weighted by Gasteiger charge is -2.13. The Kier molecular flexibility index (Phi) is 7.49. The van der Waals surface area contributed by atoms with Crippen molar-refractivity contribution in [3.63, 3.8) is 0 Å². The van der Waals surface area contributed by atoms with E-state index in [-0.39, 0.29) is 12.4 Å². The van der Waals surface area contributed by atoms with Crippen molar-refractivity contribution in [2.24, 2.45) is 0 Å². The molecule has 0 aliphatic rings.